The minimum atomic E-state index is -0.496. The standard InChI is InChI=1S/C25H30N4O3/c1-16-4-6-22(17(2)12-16)27-25(31)28-24(30)15-29-10-8-18(9-11-29)21-14-26-23-7-5-19(32-3)13-20(21)23/h4-7,12-14,18,26H,8-11,15H2,1-3H3,(H2,27,28,30,31). The molecule has 3 amide bonds. The third-order valence-electron chi connectivity index (χ3n) is 6.20. The molecule has 1 fully saturated rings. The fourth-order valence-electron chi connectivity index (χ4n) is 4.46. The van der Waals surface area contributed by atoms with E-state index in [1.54, 1.807) is 7.11 Å². The number of rotatable bonds is 5. The van der Waals surface area contributed by atoms with Gasteiger partial charge in [-0.3, -0.25) is 15.0 Å². The summed E-state index contributed by atoms with van der Waals surface area (Å²) in [7, 11) is 1.68. The molecule has 4 rings (SSSR count). The van der Waals surface area contributed by atoms with Crippen LogP contribution < -0.4 is 15.4 Å². The van der Waals surface area contributed by atoms with Crippen LogP contribution in [0.25, 0.3) is 10.9 Å². The van der Waals surface area contributed by atoms with E-state index in [-0.39, 0.29) is 12.5 Å². The Labute approximate surface area is 188 Å². The zero-order chi connectivity index (χ0) is 22.7. The van der Waals surface area contributed by atoms with Crippen molar-refractivity contribution < 1.29 is 14.3 Å². The van der Waals surface area contributed by atoms with Gasteiger partial charge in [0.1, 0.15) is 5.75 Å². The quantitative estimate of drug-likeness (QED) is 0.558. The van der Waals surface area contributed by atoms with Crippen LogP contribution in [0.5, 0.6) is 5.75 Å². The second-order valence-corrected chi connectivity index (χ2v) is 8.53. The number of carbonyl (C=O) groups is 2. The lowest BCUT2D eigenvalue weighted by molar-refractivity contribution is -0.121. The van der Waals surface area contributed by atoms with E-state index in [4.69, 9.17) is 4.74 Å². The first-order chi connectivity index (χ1) is 15.4. The molecule has 0 radical (unpaired) electrons. The summed E-state index contributed by atoms with van der Waals surface area (Å²) < 4.78 is 5.38. The van der Waals surface area contributed by atoms with E-state index in [2.05, 4.69) is 32.8 Å². The Morgan fingerprint density at radius 1 is 1.12 bits per heavy atom. The van der Waals surface area contributed by atoms with Gasteiger partial charge in [-0.25, -0.2) is 4.79 Å². The molecule has 3 N–H and O–H groups in total. The average molecular weight is 435 g/mol. The fraction of sp³-hybridized carbons (Fsp3) is 0.360. The molecule has 7 nitrogen and oxygen atoms in total. The number of fused-ring (bicyclic) bond motifs is 1. The second kappa shape index (κ2) is 9.44. The van der Waals surface area contributed by atoms with Gasteiger partial charge < -0.3 is 15.0 Å². The first-order valence-electron chi connectivity index (χ1n) is 11.0. The van der Waals surface area contributed by atoms with Crippen molar-refractivity contribution >= 4 is 28.5 Å². The summed E-state index contributed by atoms with van der Waals surface area (Å²) in [5.74, 6) is 0.997. The van der Waals surface area contributed by atoms with Crippen molar-refractivity contribution in [2.75, 3.05) is 32.1 Å². The monoisotopic (exact) mass is 434 g/mol. The van der Waals surface area contributed by atoms with E-state index in [1.165, 1.54) is 10.9 Å². The van der Waals surface area contributed by atoms with Gasteiger partial charge in [0, 0.05) is 22.8 Å². The number of aromatic amines is 1. The number of piperidine rings is 1. The third kappa shape index (κ3) is 4.94. The molecule has 2 heterocycles. The predicted molar refractivity (Wildman–Crippen MR) is 126 cm³/mol. The predicted octanol–water partition coefficient (Wildman–Crippen LogP) is 4.32. The van der Waals surface area contributed by atoms with E-state index in [1.807, 2.05) is 44.2 Å². The maximum atomic E-state index is 12.4. The number of benzene rings is 2. The Balaban J connectivity index is 1.28. The molecular formula is C25H30N4O3. The van der Waals surface area contributed by atoms with E-state index in [0.717, 1.165) is 48.3 Å². The van der Waals surface area contributed by atoms with Gasteiger partial charge in [-0.15, -0.1) is 0 Å². The number of imide groups is 1. The van der Waals surface area contributed by atoms with Gasteiger partial charge in [0.25, 0.3) is 0 Å². The number of H-pyrrole nitrogens is 1. The third-order valence-corrected chi connectivity index (χ3v) is 6.20. The normalized spacial score (nSPS) is 15.0. The van der Waals surface area contributed by atoms with Gasteiger partial charge >= 0.3 is 6.03 Å². The van der Waals surface area contributed by atoms with Crippen molar-refractivity contribution in [2.24, 2.45) is 0 Å². The smallest absolute Gasteiger partial charge is 0.325 e. The molecular weight excluding hydrogens is 404 g/mol. The Morgan fingerprint density at radius 2 is 1.91 bits per heavy atom. The number of likely N-dealkylation sites (tertiary alicyclic amines) is 1. The van der Waals surface area contributed by atoms with Crippen LogP contribution in [-0.2, 0) is 4.79 Å². The zero-order valence-corrected chi connectivity index (χ0v) is 18.8. The topological polar surface area (TPSA) is 86.5 Å². The number of urea groups is 1. The number of nitrogens with zero attached hydrogens (tertiary/aromatic N) is 1. The first kappa shape index (κ1) is 21.9. The van der Waals surface area contributed by atoms with Crippen LogP contribution >= 0.6 is 0 Å². The Kier molecular flexibility index (Phi) is 6.46. The van der Waals surface area contributed by atoms with Crippen LogP contribution in [0, 0.1) is 13.8 Å². The number of anilines is 1. The van der Waals surface area contributed by atoms with Gasteiger partial charge in [0.2, 0.25) is 5.91 Å². The molecule has 1 saturated heterocycles. The van der Waals surface area contributed by atoms with Gasteiger partial charge in [0.05, 0.1) is 13.7 Å². The highest BCUT2D eigenvalue weighted by molar-refractivity contribution is 6.02. The lowest BCUT2D eigenvalue weighted by atomic mass is 9.89. The van der Waals surface area contributed by atoms with Crippen molar-refractivity contribution in [3.63, 3.8) is 0 Å². The van der Waals surface area contributed by atoms with Gasteiger partial charge in [-0.1, -0.05) is 17.7 Å². The number of ether oxygens (including phenoxy) is 1. The lowest BCUT2D eigenvalue weighted by Crippen LogP contribution is -2.44. The molecule has 0 bridgehead atoms. The number of nitrogens with one attached hydrogen (secondary N) is 3. The number of hydrogen-bond donors (Lipinski definition) is 3. The highest BCUT2D eigenvalue weighted by Crippen LogP contribution is 2.34. The number of carbonyl (C=O) groups excluding carboxylic acids is 2. The number of amides is 3. The minimum Gasteiger partial charge on any atom is -0.497 e. The van der Waals surface area contributed by atoms with Crippen LogP contribution in [0.2, 0.25) is 0 Å². The molecule has 168 valence electrons. The molecule has 1 aromatic heterocycles. The number of aryl methyl sites for hydroxylation is 2. The van der Waals surface area contributed by atoms with Crippen molar-refractivity contribution in [1.29, 1.82) is 0 Å². The van der Waals surface area contributed by atoms with Crippen LogP contribution in [0.1, 0.15) is 35.4 Å². The van der Waals surface area contributed by atoms with E-state index >= 15 is 0 Å². The molecule has 1 aliphatic heterocycles. The zero-order valence-electron chi connectivity index (χ0n) is 18.8. The van der Waals surface area contributed by atoms with Gasteiger partial charge in [0.15, 0.2) is 0 Å². The number of aromatic nitrogens is 1. The molecule has 0 atom stereocenters. The highest BCUT2D eigenvalue weighted by Gasteiger charge is 2.24. The van der Waals surface area contributed by atoms with E-state index in [9.17, 15) is 9.59 Å². The Morgan fingerprint density at radius 3 is 2.62 bits per heavy atom. The van der Waals surface area contributed by atoms with Crippen LogP contribution in [0.15, 0.2) is 42.6 Å². The molecule has 0 saturated carbocycles. The van der Waals surface area contributed by atoms with Crippen LogP contribution in [0.3, 0.4) is 0 Å². The Bertz CT molecular complexity index is 1130. The average Bonchev–Trinajstić information content (AvgIpc) is 3.19. The fourth-order valence-corrected chi connectivity index (χ4v) is 4.46. The summed E-state index contributed by atoms with van der Waals surface area (Å²) in [5, 5.41) is 6.40. The molecule has 0 unspecified atom stereocenters. The molecule has 32 heavy (non-hydrogen) atoms. The van der Waals surface area contributed by atoms with E-state index in [0.29, 0.717) is 11.6 Å². The lowest BCUT2D eigenvalue weighted by Gasteiger charge is -2.31. The van der Waals surface area contributed by atoms with Crippen molar-refractivity contribution in [1.82, 2.24) is 15.2 Å². The van der Waals surface area contributed by atoms with Crippen molar-refractivity contribution in [3.8, 4) is 5.75 Å². The van der Waals surface area contributed by atoms with Crippen molar-refractivity contribution in [3.05, 3.63) is 59.3 Å². The number of hydrogen-bond acceptors (Lipinski definition) is 4. The Hall–Kier alpha value is -3.32. The van der Waals surface area contributed by atoms with Crippen molar-refractivity contribution in [2.45, 2.75) is 32.6 Å². The summed E-state index contributed by atoms with van der Waals surface area (Å²) in [6, 6.07) is 11.4. The maximum absolute atomic E-state index is 12.4. The molecule has 7 heteroatoms. The van der Waals surface area contributed by atoms with Gasteiger partial charge in [-0.05, 0) is 81.1 Å². The van der Waals surface area contributed by atoms with E-state index < -0.39 is 6.03 Å². The summed E-state index contributed by atoms with van der Waals surface area (Å²) in [6.07, 6.45) is 4.02. The molecule has 3 aromatic rings. The van der Waals surface area contributed by atoms with Crippen LogP contribution in [-0.4, -0.2) is 48.6 Å². The van der Waals surface area contributed by atoms with Gasteiger partial charge in [-0.2, -0.15) is 0 Å². The second-order valence-electron chi connectivity index (χ2n) is 8.53. The summed E-state index contributed by atoms with van der Waals surface area (Å²) in [5.41, 5.74) is 5.20. The minimum absolute atomic E-state index is 0.217. The summed E-state index contributed by atoms with van der Waals surface area (Å²) >= 11 is 0. The summed E-state index contributed by atoms with van der Waals surface area (Å²) in [6.45, 7) is 5.77. The maximum Gasteiger partial charge on any atom is 0.325 e. The number of methoxy groups -OCH3 is 1. The largest absolute Gasteiger partial charge is 0.497 e. The van der Waals surface area contributed by atoms with Crippen LogP contribution in [0.4, 0.5) is 10.5 Å². The SMILES string of the molecule is COc1ccc2[nH]cc(C3CCN(CC(=O)NC(=O)Nc4ccc(C)cc4C)CC3)c2c1. The molecule has 1 aliphatic rings. The molecule has 2 aromatic carbocycles. The molecule has 0 aliphatic carbocycles. The highest BCUT2D eigenvalue weighted by atomic mass is 16.5. The first-order valence-corrected chi connectivity index (χ1v) is 11.0. The summed E-state index contributed by atoms with van der Waals surface area (Å²) in [4.78, 5) is 30.0. The molecule has 0 spiro atoms.